The summed E-state index contributed by atoms with van der Waals surface area (Å²) in [6.07, 6.45) is 7.48. The van der Waals surface area contributed by atoms with Crippen LogP contribution in [0.4, 0.5) is 0 Å². The van der Waals surface area contributed by atoms with Gasteiger partial charge >= 0.3 is 0 Å². The Morgan fingerprint density at radius 1 is 1.35 bits per heavy atom. The van der Waals surface area contributed by atoms with Crippen molar-refractivity contribution in [1.82, 2.24) is 10.2 Å². The lowest BCUT2D eigenvalue weighted by Gasteiger charge is -2.35. The van der Waals surface area contributed by atoms with Crippen molar-refractivity contribution < 1.29 is 9.47 Å². The van der Waals surface area contributed by atoms with Crippen LogP contribution in [0.1, 0.15) is 43.9 Å². The zero-order valence-electron chi connectivity index (χ0n) is 16.0. The molecule has 5 nitrogen and oxygen atoms in total. The summed E-state index contributed by atoms with van der Waals surface area (Å²) in [5.74, 6) is 1.05. The number of piperidine rings is 1. The third-order valence-electron chi connectivity index (χ3n) is 5.07. The molecule has 1 aromatic heterocycles. The number of likely N-dealkylation sites (tertiary alicyclic amines) is 1. The maximum absolute atomic E-state index is 6.13. The fourth-order valence-corrected chi connectivity index (χ4v) is 4.27. The Morgan fingerprint density at radius 3 is 2.92 bits per heavy atom. The molecule has 0 amide bonds. The van der Waals surface area contributed by atoms with E-state index in [0.717, 1.165) is 71.0 Å². The standard InChI is InChI=1S/C20H33N3O2S/c1-2-21-20(22-11-8-19-7-5-15-26-19)23-12-9-17(10-13-23)25-16-18-6-3-4-14-24-18/h5,7,15,17-18H,2-4,6,8-14,16H2,1H3,(H,21,22). The van der Waals surface area contributed by atoms with Crippen molar-refractivity contribution in [3.63, 3.8) is 0 Å². The van der Waals surface area contributed by atoms with Gasteiger partial charge in [-0.25, -0.2) is 0 Å². The highest BCUT2D eigenvalue weighted by Crippen LogP contribution is 2.18. The molecule has 1 atom stereocenters. The molecule has 1 N–H and O–H groups in total. The summed E-state index contributed by atoms with van der Waals surface area (Å²) in [7, 11) is 0. The van der Waals surface area contributed by atoms with E-state index in [1.807, 2.05) is 11.3 Å². The molecule has 3 rings (SSSR count). The second kappa shape index (κ2) is 10.9. The van der Waals surface area contributed by atoms with Gasteiger partial charge < -0.3 is 19.7 Å². The monoisotopic (exact) mass is 379 g/mol. The Bertz CT molecular complexity index is 521. The van der Waals surface area contributed by atoms with Gasteiger partial charge in [0, 0.05) is 44.1 Å². The predicted octanol–water partition coefficient (Wildman–Crippen LogP) is 3.31. The molecule has 1 aromatic rings. The second-order valence-electron chi connectivity index (χ2n) is 7.07. The van der Waals surface area contributed by atoms with E-state index < -0.39 is 0 Å². The van der Waals surface area contributed by atoms with Gasteiger partial charge in [-0.3, -0.25) is 4.99 Å². The van der Waals surface area contributed by atoms with E-state index in [4.69, 9.17) is 14.5 Å². The summed E-state index contributed by atoms with van der Waals surface area (Å²) in [4.78, 5) is 8.62. The Labute approximate surface area is 161 Å². The maximum Gasteiger partial charge on any atom is 0.193 e. The van der Waals surface area contributed by atoms with Crippen molar-refractivity contribution in [2.24, 2.45) is 4.99 Å². The fraction of sp³-hybridized carbons (Fsp3) is 0.750. The maximum atomic E-state index is 6.13. The summed E-state index contributed by atoms with van der Waals surface area (Å²) in [5.41, 5.74) is 0. The van der Waals surface area contributed by atoms with E-state index in [-0.39, 0.29) is 0 Å². The van der Waals surface area contributed by atoms with Crippen LogP contribution in [0.25, 0.3) is 0 Å². The molecule has 2 saturated heterocycles. The normalized spacial score (nSPS) is 22.6. The average Bonchev–Trinajstić information content (AvgIpc) is 3.20. The van der Waals surface area contributed by atoms with Crippen molar-refractivity contribution in [2.45, 2.75) is 57.7 Å². The molecule has 2 fully saturated rings. The van der Waals surface area contributed by atoms with Crippen molar-refractivity contribution in [1.29, 1.82) is 0 Å². The SMILES string of the molecule is CCNC(=NCCc1cccs1)N1CCC(OCC2CCCCO2)CC1. The topological polar surface area (TPSA) is 46.1 Å². The summed E-state index contributed by atoms with van der Waals surface area (Å²) < 4.78 is 11.9. The Kier molecular flexibility index (Phi) is 8.24. The largest absolute Gasteiger partial charge is 0.376 e. The minimum atomic E-state index is 0.318. The number of hydrogen-bond acceptors (Lipinski definition) is 4. The van der Waals surface area contributed by atoms with Crippen LogP contribution in [-0.4, -0.2) is 62.5 Å². The highest BCUT2D eigenvalue weighted by atomic mass is 32.1. The fourth-order valence-electron chi connectivity index (χ4n) is 3.57. The molecule has 0 spiro atoms. The number of rotatable bonds is 7. The van der Waals surface area contributed by atoms with E-state index in [2.05, 4.69) is 34.7 Å². The number of ether oxygens (including phenoxy) is 2. The van der Waals surface area contributed by atoms with Crippen molar-refractivity contribution in [3.8, 4) is 0 Å². The number of hydrogen-bond donors (Lipinski definition) is 1. The van der Waals surface area contributed by atoms with E-state index in [9.17, 15) is 0 Å². The van der Waals surface area contributed by atoms with Crippen LogP contribution in [-0.2, 0) is 15.9 Å². The molecule has 6 heteroatoms. The van der Waals surface area contributed by atoms with Gasteiger partial charge in [-0.15, -0.1) is 11.3 Å². The Balaban J connectivity index is 1.40. The van der Waals surface area contributed by atoms with Gasteiger partial charge in [0.05, 0.1) is 18.8 Å². The summed E-state index contributed by atoms with van der Waals surface area (Å²) in [5, 5.41) is 5.58. The van der Waals surface area contributed by atoms with Crippen LogP contribution in [0.3, 0.4) is 0 Å². The van der Waals surface area contributed by atoms with Crippen molar-refractivity contribution in [3.05, 3.63) is 22.4 Å². The van der Waals surface area contributed by atoms with Gasteiger partial charge in [0.1, 0.15) is 0 Å². The molecule has 0 radical (unpaired) electrons. The first-order valence-electron chi connectivity index (χ1n) is 10.1. The van der Waals surface area contributed by atoms with Crippen LogP contribution in [0.15, 0.2) is 22.5 Å². The molecule has 0 saturated carbocycles. The molecule has 26 heavy (non-hydrogen) atoms. The van der Waals surface area contributed by atoms with E-state index in [1.54, 1.807) is 0 Å². The summed E-state index contributed by atoms with van der Waals surface area (Å²) in [6.45, 7) is 7.59. The number of guanidine groups is 1. The van der Waals surface area contributed by atoms with Gasteiger partial charge in [0.2, 0.25) is 0 Å². The van der Waals surface area contributed by atoms with Crippen LogP contribution < -0.4 is 5.32 Å². The summed E-state index contributed by atoms with van der Waals surface area (Å²) >= 11 is 1.81. The van der Waals surface area contributed by atoms with Crippen LogP contribution >= 0.6 is 11.3 Å². The predicted molar refractivity (Wildman–Crippen MR) is 108 cm³/mol. The lowest BCUT2D eigenvalue weighted by molar-refractivity contribution is -0.0721. The van der Waals surface area contributed by atoms with Crippen LogP contribution in [0.5, 0.6) is 0 Å². The highest BCUT2D eigenvalue weighted by molar-refractivity contribution is 7.09. The third kappa shape index (κ3) is 6.25. The zero-order valence-corrected chi connectivity index (χ0v) is 16.8. The Hall–Kier alpha value is -1.11. The van der Waals surface area contributed by atoms with Crippen molar-refractivity contribution >= 4 is 17.3 Å². The lowest BCUT2D eigenvalue weighted by Crippen LogP contribution is -2.47. The van der Waals surface area contributed by atoms with Gasteiger partial charge in [0.25, 0.3) is 0 Å². The quantitative estimate of drug-likeness (QED) is 0.583. The lowest BCUT2D eigenvalue weighted by atomic mass is 10.1. The third-order valence-corrected chi connectivity index (χ3v) is 6.00. The average molecular weight is 380 g/mol. The number of nitrogens with one attached hydrogen (secondary N) is 1. The van der Waals surface area contributed by atoms with E-state index >= 15 is 0 Å². The highest BCUT2D eigenvalue weighted by Gasteiger charge is 2.23. The van der Waals surface area contributed by atoms with Gasteiger partial charge in [0.15, 0.2) is 5.96 Å². The number of aliphatic imine (C=N–C) groups is 1. The first-order valence-corrected chi connectivity index (χ1v) is 11.0. The minimum absolute atomic E-state index is 0.318. The van der Waals surface area contributed by atoms with Crippen molar-refractivity contribution in [2.75, 3.05) is 39.4 Å². The zero-order chi connectivity index (χ0) is 18.0. The smallest absolute Gasteiger partial charge is 0.193 e. The van der Waals surface area contributed by atoms with E-state index in [0.29, 0.717) is 12.2 Å². The molecule has 1 unspecified atom stereocenters. The van der Waals surface area contributed by atoms with Gasteiger partial charge in [-0.05, 0) is 50.5 Å². The molecular formula is C20H33N3O2S. The first kappa shape index (κ1) is 19.6. The van der Waals surface area contributed by atoms with E-state index in [1.165, 1.54) is 17.7 Å². The molecule has 146 valence electrons. The molecule has 0 aromatic carbocycles. The molecule has 2 aliphatic heterocycles. The molecular weight excluding hydrogens is 346 g/mol. The molecule has 0 bridgehead atoms. The van der Waals surface area contributed by atoms with Gasteiger partial charge in [-0.1, -0.05) is 6.07 Å². The van der Waals surface area contributed by atoms with Crippen LogP contribution in [0, 0.1) is 0 Å². The first-order chi connectivity index (χ1) is 12.8. The molecule has 0 aliphatic carbocycles. The molecule has 3 heterocycles. The Morgan fingerprint density at radius 2 is 2.23 bits per heavy atom. The molecule has 2 aliphatic rings. The second-order valence-corrected chi connectivity index (χ2v) is 8.11. The number of nitrogens with zero attached hydrogens (tertiary/aromatic N) is 2. The number of thiophene rings is 1. The minimum Gasteiger partial charge on any atom is -0.376 e. The summed E-state index contributed by atoms with van der Waals surface area (Å²) in [6, 6.07) is 4.30. The van der Waals surface area contributed by atoms with Crippen LogP contribution in [0.2, 0.25) is 0 Å². The van der Waals surface area contributed by atoms with Gasteiger partial charge in [-0.2, -0.15) is 0 Å².